The molecule has 1 aromatic carbocycles. The van der Waals surface area contributed by atoms with Gasteiger partial charge in [0.15, 0.2) is 0 Å². The van der Waals surface area contributed by atoms with Gasteiger partial charge in [-0.1, -0.05) is 20.8 Å². The number of likely N-dealkylation sites (tertiary alicyclic amines) is 1. The van der Waals surface area contributed by atoms with Crippen LogP contribution in [0.15, 0.2) is 18.2 Å². The lowest BCUT2D eigenvalue weighted by atomic mass is 9.90. The predicted molar refractivity (Wildman–Crippen MR) is 111 cm³/mol. The number of benzene rings is 1. The molecular formula is C22H32N4O2. The van der Waals surface area contributed by atoms with Crippen LogP contribution in [0.5, 0.6) is 0 Å². The number of hydrogen-bond donors (Lipinski definition) is 2. The van der Waals surface area contributed by atoms with Gasteiger partial charge in [-0.05, 0) is 62.3 Å². The number of amides is 2. The molecule has 0 saturated carbocycles. The molecule has 2 N–H and O–H groups in total. The minimum absolute atomic E-state index is 0.00554. The zero-order chi connectivity index (χ0) is 20.9. The Labute approximate surface area is 168 Å². The molecule has 2 rings (SSSR count). The molecule has 0 aliphatic carbocycles. The highest BCUT2D eigenvalue weighted by atomic mass is 16.2. The first-order chi connectivity index (χ1) is 13.2. The lowest BCUT2D eigenvalue weighted by Gasteiger charge is -2.31. The minimum Gasteiger partial charge on any atom is -0.376 e. The van der Waals surface area contributed by atoms with Crippen LogP contribution < -0.4 is 10.6 Å². The highest BCUT2D eigenvalue weighted by molar-refractivity contribution is 5.95. The van der Waals surface area contributed by atoms with E-state index in [2.05, 4.69) is 23.6 Å². The van der Waals surface area contributed by atoms with Crippen LogP contribution in [-0.2, 0) is 4.79 Å². The molecule has 1 heterocycles. The molecule has 1 aromatic rings. The number of carbonyl (C=O) groups is 2. The van der Waals surface area contributed by atoms with Gasteiger partial charge in [-0.2, -0.15) is 5.26 Å². The second-order valence-electron chi connectivity index (χ2n) is 8.40. The predicted octanol–water partition coefficient (Wildman–Crippen LogP) is 3.33. The van der Waals surface area contributed by atoms with Crippen LogP contribution in [0, 0.1) is 30.1 Å². The smallest absolute Gasteiger partial charge is 0.253 e. The van der Waals surface area contributed by atoms with Gasteiger partial charge in [0, 0.05) is 24.3 Å². The number of anilines is 1. The van der Waals surface area contributed by atoms with Crippen molar-refractivity contribution in [2.45, 2.75) is 53.0 Å². The van der Waals surface area contributed by atoms with Gasteiger partial charge in [0.2, 0.25) is 5.91 Å². The SMILES string of the molecule is Cc1cc(C(=O)N2CCCC(C)C2)ccc1NCC(=O)NC(C)(C#N)C(C)C. The molecule has 1 saturated heterocycles. The summed E-state index contributed by atoms with van der Waals surface area (Å²) in [4.78, 5) is 26.9. The average Bonchev–Trinajstić information content (AvgIpc) is 2.66. The number of aryl methyl sites for hydroxylation is 1. The summed E-state index contributed by atoms with van der Waals surface area (Å²) in [5, 5.41) is 15.2. The Hall–Kier alpha value is -2.55. The fraction of sp³-hybridized carbons (Fsp3) is 0.591. The Morgan fingerprint density at radius 3 is 2.68 bits per heavy atom. The summed E-state index contributed by atoms with van der Waals surface area (Å²) in [6.07, 6.45) is 2.23. The van der Waals surface area contributed by atoms with Crippen molar-refractivity contribution < 1.29 is 9.59 Å². The summed E-state index contributed by atoms with van der Waals surface area (Å²) in [5.74, 6) is 0.384. The Bertz CT molecular complexity index is 768. The van der Waals surface area contributed by atoms with Crippen LogP contribution in [0.1, 0.15) is 56.5 Å². The van der Waals surface area contributed by atoms with E-state index < -0.39 is 5.54 Å². The number of nitrogens with one attached hydrogen (secondary N) is 2. The van der Waals surface area contributed by atoms with Gasteiger partial charge in [0.05, 0.1) is 12.6 Å². The Morgan fingerprint density at radius 2 is 2.11 bits per heavy atom. The highest BCUT2D eigenvalue weighted by Gasteiger charge is 2.29. The van der Waals surface area contributed by atoms with Gasteiger partial charge in [-0.3, -0.25) is 9.59 Å². The minimum atomic E-state index is -0.893. The van der Waals surface area contributed by atoms with Gasteiger partial charge in [0.25, 0.3) is 5.91 Å². The van der Waals surface area contributed by atoms with Crippen LogP contribution >= 0.6 is 0 Å². The molecule has 0 bridgehead atoms. The molecule has 1 fully saturated rings. The first-order valence-corrected chi connectivity index (χ1v) is 10.0. The molecule has 0 aromatic heterocycles. The fourth-order valence-corrected chi connectivity index (χ4v) is 3.36. The second-order valence-corrected chi connectivity index (χ2v) is 8.40. The zero-order valence-electron chi connectivity index (χ0n) is 17.6. The van der Waals surface area contributed by atoms with E-state index >= 15 is 0 Å². The van der Waals surface area contributed by atoms with Crippen molar-refractivity contribution in [1.29, 1.82) is 5.26 Å². The van der Waals surface area contributed by atoms with Crippen molar-refractivity contribution in [2.24, 2.45) is 11.8 Å². The maximum absolute atomic E-state index is 12.7. The van der Waals surface area contributed by atoms with E-state index in [0.717, 1.165) is 30.8 Å². The summed E-state index contributed by atoms with van der Waals surface area (Å²) >= 11 is 0. The average molecular weight is 385 g/mol. The summed E-state index contributed by atoms with van der Waals surface area (Å²) in [5.41, 5.74) is 1.51. The van der Waals surface area contributed by atoms with Gasteiger partial charge < -0.3 is 15.5 Å². The molecule has 0 radical (unpaired) electrons. The molecule has 28 heavy (non-hydrogen) atoms. The molecule has 6 nitrogen and oxygen atoms in total. The number of carbonyl (C=O) groups excluding carboxylic acids is 2. The van der Waals surface area contributed by atoms with E-state index in [1.54, 1.807) is 6.92 Å². The lowest BCUT2D eigenvalue weighted by Crippen LogP contribution is -2.50. The molecule has 2 atom stereocenters. The summed E-state index contributed by atoms with van der Waals surface area (Å²) in [6.45, 7) is 11.3. The third-order valence-electron chi connectivity index (χ3n) is 5.64. The molecule has 1 aliphatic rings. The second kappa shape index (κ2) is 9.09. The standard InChI is InChI=1S/C22H32N4O2/c1-15(2)22(5,14-23)25-20(27)12-24-19-9-8-18(11-17(19)4)21(28)26-10-6-7-16(3)13-26/h8-9,11,15-16,24H,6-7,10,12-13H2,1-5H3,(H,25,27). The van der Waals surface area contributed by atoms with Crippen molar-refractivity contribution in [1.82, 2.24) is 10.2 Å². The first kappa shape index (κ1) is 21.7. The van der Waals surface area contributed by atoms with Crippen molar-refractivity contribution in [2.75, 3.05) is 25.0 Å². The zero-order valence-corrected chi connectivity index (χ0v) is 17.6. The van der Waals surface area contributed by atoms with Crippen molar-refractivity contribution in [3.05, 3.63) is 29.3 Å². The molecule has 152 valence electrons. The van der Waals surface area contributed by atoms with Gasteiger partial charge >= 0.3 is 0 Å². The largest absolute Gasteiger partial charge is 0.376 e. The lowest BCUT2D eigenvalue weighted by molar-refractivity contribution is -0.121. The third kappa shape index (κ3) is 5.25. The number of hydrogen-bond acceptors (Lipinski definition) is 4. The van der Waals surface area contributed by atoms with Crippen molar-refractivity contribution in [3.63, 3.8) is 0 Å². The van der Waals surface area contributed by atoms with Crippen LogP contribution in [0.2, 0.25) is 0 Å². The first-order valence-electron chi connectivity index (χ1n) is 10.0. The fourth-order valence-electron chi connectivity index (χ4n) is 3.36. The van der Waals surface area contributed by atoms with E-state index in [0.29, 0.717) is 11.5 Å². The highest BCUT2D eigenvalue weighted by Crippen LogP contribution is 2.21. The number of piperidine rings is 1. The number of nitrogens with zero attached hydrogens (tertiary/aromatic N) is 2. The topological polar surface area (TPSA) is 85.2 Å². The third-order valence-corrected chi connectivity index (χ3v) is 5.64. The summed E-state index contributed by atoms with van der Waals surface area (Å²) < 4.78 is 0. The number of nitriles is 1. The number of rotatable bonds is 6. The molecule has 6 heteroatoms. The molecule has 1 aliphatic heterocycles. The van der Waals surface area contributed by atoms with Crippen molar-refractivity contribution >= 4 is 17.5 Å². The summed E-state index contributed by atoms with van der Waals surface area (Å²) in [6, 6.07) is 7.69. The quantitative estimate of drug-likeness (QED) is 0.788. The van der Waals surface area contributed by atoms with Crippen LogP contribution in [0.4, 0.5) is 5.69 Å². The van der Waals surface area contributed by atoms with Crippen LogP contribution in [-0.4, -0.2) is 41.9 Å². The Morgan fingerprint density at radius 1 is 1.39 bits per heavy atom. The maximum Gasteiger partial charge on any atom is 0.253 e. The monoisotopic (exact) mass is 384 g/mol. The van der Waals surface area contributed by atoms with Crippen LogP contribution in [0.25, 0.3) is 0 Å². The Kier molecular flexibility index (Phi) is 7.06. The molecule has 2 amide bonds. The van der Waals surface area contributed by atoms with E-state index in [4.69, 9.17) is 0 Å². The van der Waals surface area contributed by atoms with E-state index in [1.165, 1.54) is 6.42 Å². The maximum atomic E-state index is 12.7. The van der Waals surface area contributed by atoms with E-state index in [-0.39, 0.29) is 24.3 Å². The normalized spacial score (nSPS) is 18.9. The van der Waals surface area contributed by atoms with Gasteiger partial charge in [-0.25, -0.2) is 0 Å². The van der Waals surface area contributed by atoms with Crippen molar-refractivity contribution in [3.8, 4) is 6.07 Å². The molecule has 0 spiro atoms. The van der Waals surface area contributed by atoms with E-state index in [9.17, 15) is 14.9 Å². The molecule has 2 unspecified atom stereocenters. The Balaban J connectivity index is 1.98. The van der Waals surface area contributed by atoms with Crippen LogP contribution in [0.3, 0.4) is 0 Å². The summed E-state index contributed by atoms with van der Waals surface area (Å²) in [7, 11) is 0. The van der Waals surface area contributed by atoms with Gasteiger partial charge in [-0.15, -0.1) is 0 Å². The van der Waals surface area contributed by atoms with E-state index in [1.807, 2.05) is 43.9 Å². The van der Waals surface area contributed by atoms with Gasteiger partial charge in [0.1, 0.15) is 5.54 Å². The molecular weight excluding hydrogens is 352 g/mol.